The zero-order valence-electron chi connectivity index (χ0n) is 20.2. The first-order chi connectivity index (χ1) is 15.8. The van der Waals surface area contributed by atoms with Gasteiger partial charge < -0.3 is 15.5 Å². The largest absolute Gasteiger partial charge is 0.387 e. The van der Waals surface area contributed by atoms with E-state index < -0.39 is 27.5 Å². The molecule has 0 saturated heterocycles. The van der Waals surface area contributed by atoms with Gasteiger partial charge in [0.2, 0.25) is 5.91 Å². The first kappa shape index (κ1) is 28.2. The van der Waals surface area contributed by atoms with Crippen LogP contribution in [0.2, 0.25) is 5.02 Å². The molecule has 0 bridgehead atoms. The van der Waals surface area contributed by atoms with Crippen LogP contribution >= 0.6 is 11.6 Å². The molecule has 3 atom stereocenters. The Morgan fingerprint density at radius 1 is 1.21 bits per heavy atom. The van der Waals surface area contributed by atoms with E-state index in [1.807, 2.05) is 0 Å². The molecule has 10 heteroatoms. The number of carbonyl (C=O) groups is 1. The van der Waals surface area contributed by atoms with Crippen LogP contribution in [0.25, 0.3) is 0 Å². The predicted molar refractivity (Wildman–Crippen MR) is 133 cm³/mol. The maximum atomic E-state index is 13.3. The van der Waals surface area contributed by atoms with Crippen molar-refractivity contribution in [3.63, 3.8) is 0 Å². The van der Waals surface area contributed by atoms with Gasteiger partial charge in [0.25, 0.3) is 0 Å². The molecular weight excluding hydrogens is 478 g/mol. The van der Waals surface area contributed by atoms with Gasteiger partial charge in [-0.05, 0) is 43.9 Å². The summed E-state index contributed by atoms with van der Waals surface area (Å²) in [6.45, 7) is 7.09. The third-order valence-electron chi connectivity index (χ3n) is 5.79. The number of rotatable bonds is 11. The Morgan fingerprint density at radius 3 is 2.35 bits per heavy atom. The monoisotopic (exact) mass is 511 g/mol. The van der Waals surface area contributed by atoms with E-state index in [2.05, 4.69) is 29.1 Å². The van der Waals surface area contributed by atoms with Crippen molar-refractivity contribution in [1.82, 2.24) is 9.97 Å². The number of sulfone groups is 1. The van der Waals surface area contributed by atoms with Crippen LogP contribution in [-0.4, -0.2) is 46.4 Å². The molecule has 1 aromatic heterocycles. The van der Waals surface area contributed by atoms with Gasteiger partial charge in [-0.25, -0.2) is 13.4 Å². The number of anilines is 1. The van der Waals surface area contributed by atoms with Gasteiger partial charge in [-0.3, -0.25) is 9.78 Å². The third-order valence-corrected chi connectivity index (χ3v) is 7.37. The van der Waals surface area contributed by atoms with Crippen LogP contribution in [0.3, 0.4) is 0 Å². The second-order valence-electron chi connectivity index (χ2n) is 9.19. The summed E-state index contributed by atoms with van der Waals surface area (Å²) in [5.74, 6) is -0.401. The van der Waals surface area contributed by atoms with E-state index in [1.165, 1.54) is 38.4 Å². The van der Waals surface area contributed by atoms with Gasteiger partial charge in [0.05, 0.1) is 39.5 Å². The van der Waals surface area contributed by atoms with Crippen LogP contribution in [0, 0.1) is 5.92 Å². The lowest BCUT2D eigenvalue weighted by atomic mass is 9.84. The maximum Gasteiger partial charge on any atom is 0.233 e. The van der Waals surface area contributed by atoms with Crippen molar-refractivity contribution >= 4 is 33.2 Å². The number of aromatic nitrogens is 2. The molecule has 0 spiro atoms. The van der Waals surface area contributed by atoms with Crippen LogP contribution in [0.4, 0.5) is 5.82 Å². The normalized spacial score (nSPS) is 14.9. The zero-order chi connectivity index (χ0) is 25.7. The first-order valence-electron chi connectivity index (χ1n) is 11.3. The van der Waals surface area contributed by atoms with Gasteiger partial charge in [-0.1, -0.05) is 50.8 Å². The molecule has 0 fully saturated rings. The Hall–Kier alpha value is -2.07. The lowest BCUT2D eigenvalue weighted by molar-refractivity contribution is -0.118. The van der Waals surface area contributed by atoms with Crippen LogP contribution in [-0.2, 0) is 14.6 Å². The molecule has 0 aliphatic rings. The van der Waals surface area contributed by atoms with Crippen molar-refractivity contribution in [1.29, 1.82) is 0 Å². The summed E-state index contributed by atoms with van der Waals surface area (Å²) in [7, 11) is -3.49. The standard InChI is InChI=1S/C24H34ClN3O5S/c1-6-8-15(7-2)11-17(16-9-10-20(18(25)12-16)34(5,32)33)23(30)28-21-14-26-19(13-27-21)22(29)24(3,4)31/h9-10,12-15,17,22,29,31H,6-8,11H2,1-5H3,(H,27,28,30)/t15?,17-,22+/m1/s1. The molecule has 1 heterocycles. The number of amides is 1. The SMILES string of the molecule is CCCC(CC)C[C@@H](C(=O)Nc1cnc([C@H](O)C(C)(C)O)cn1)c1ccc(S(C)(=O)=O)c(Cl)c1. The minimum Gasteiger partial charge on any atom is -0.387 e. The number of benzene rings is 1. The van der Waals surface area contributed by atoms with Gasteiger partial charge in [0.1, 0.15) is 6.10 Å². The highest BCUT2D eigenvalue weighted by Crippen LogP contribution is 2.33. The summed E-state index contributed by atoms with van der Waals surface area (Å²) < 4.78 is 23.9. The Balaban J connectivity index is 2.34. The number of carbonyl (C=O) groups excluding carboxylic acids is 1. The topological polar surface area (TPSA) is 129 Å². The number of aliphatic hydroxyl groups is 2. The van der Waals surface area contributed by atoms with Crippen molar-refractivity contribution in [3.8, 4) is 0 Å². The molecule has 0 radical (unpaired) electrons. The summed E-state index contributed by atoms with van der Waals surface area (Å²) in [6.07, 6.45) is 5.88. The highest BCUT2D eigenvalue weighted by Gasteiger charge is 2.29. The van der Waals surface area contributed by atoms with Gasteiger partial charge in [0, 0.05) is 6.26 Å². The van der Waals surface area contributed by atoms with E-state index in [4.69, 9.17) is 11.6 Å². The number of aliphatic hydroxyl groups excluding tert-OH is 1. The highest BCUT2D eigenvalue weighted by molar-refractivity contribution is 7.90. The van der Waals surface area contributed by atoms with Crippen molar-refractivity contribution < 1.29 is 23.4 Å². The molecule has 3 N–H and O–H groups in total. The van der Waals surface area contributed by atoms with Gasteiger partial charge >= 0.3 is 0 Å². The van der Waals surface area contributed by atoms with E-state index in [0.29, 0.717) is 17.9 Å². The van der Waals surface area contributed by atoms with Crippen molar-refractivity contribution in [2.45, 2.75) is 75.9 Å². The molecule has 0 saturated carbocycles. The minimum atomic E-state index is -3.49. The molecule has 2 aromatic rings. The number of hydrogen-bond donors (Lipinski definition) is 3. The van der Waals surface area contributed by atoms with Gasteiger partial charge in [-0.15, -0.1) is 0 Å². The Morgan fingerprint density at radius 2 is 1.88 bits per heavy atom. The number of nitrogens with zero attached hydrogens (tertiary/aromatic N) is 2. The Kier molecular flexibility index (Phi) is 9.59. The second-order valence-corrected chi connectivity index (χ2v) is 11.6. The Labute approximate surface area is 206 Å². The average Bonchev–Trinajstić information content (AvgIpc) is 2.75. The van der Waals surface area contributed by atoms with Crippen LogP contribution in [0.5, 0.6) is 0 Å². The number of hydrogen-bond acceptors (Lipinski definition) is 7. The quantitative estimate of drug-likeness (QED) is 0.410. The number of halogens is 1. The van der Waals surface area contributed by atoms with Crippen LogP contribution in [0.1, 0.15) is 76.7 Å². The van der Waals surface area contributed by atoms with Crippen molar-refractivity contribution in [2.75, 3.05) is 11.6 Å². The molecule has 2 rings (SSSR count). The lowest BCUT2D eigenvalue weighted by Gasteiger charge is -2.24. The fourth-order valence-corrected chi connectivity index (χ4v) is 5.12. The van der Waals surface area contributed by atoms with Crippen molar-refractivity contribution in [3.05, 3.63) is 46.9 Å². The first-order valence-corrected chi connectivity index (χ1v) is 13.6. The molecule has 1 aromatic carbocycles. The van der Waals surface area contributed by atoms with Gasteiger partial charge in [-0.2, -0.15) is 0 Å². The highest BCUT2D eigenvalue weighted by atomic mass is 35.5. The molecule has 34 heavy (non-hydrogen) atoms. The average molecular weight is 512 g/mol. The fraction of sp³-hybridized carbons (Fsp3) is 0.542. The third kappa shape index (κ3) is 7.46. The molecule has 0 aliphatic heterocycles. The smallest absolute Gasteiger partial charge is 0.233 e. The van der Waals surface area contributed by atoms with Gasteiger partial charge in [0.15, 0.2) is 15.7 Å². The molecule has 188 valence electrons. The fourth-order valence-electron chi connectivity index (χ4n) is 3.78. The lowest BCUT2D eigenvalue weighted by Crippen LogP contribution is -2.29. The van der Waals surface area contributed by atoms with Crippen LogP contribution in [0.15, 0.2) is 35.5 Å². The molecular formula is C24H34ClN3O5S. The number of nitrogens with one attached hydrogen (secondary N) is 1. The molecule has 0 aliphatic carbocycles. The summed E-state index contributed by atoms with van der Waals surface area (Å²) in [4.78, 5) is 21.6. The molecule has 8 nitrogen and oxygen atoms in total. The molecule has 1 amide bonds. The van der Waals surface area contributed by atoms with Crippen LogP contribution < -0.4 is 5.32 Å². The summed E-state index contributed by atoms with van der Waals surface area (Å²) in [5.41, 5.74) is -0.596. The molecule has 1 unspecified atom stereocenters. The Bertz CT molecular complexity index is 1080. The summed E-state index contributed by atoms with van der Waals surface area (Å²) in [6, 6.07) is 4.59. The maximum absolute atomic E-state index is 13.3. The minimum absolute atomic E-state index is 0.0181. The predicted octanol–water partition coefficient (Wildman–Crippen LogP) is 4.28. The van der Waals surface area contributed by atoms with E-state index in [-0.39, 0.29) is 27.3 Å². The summed E-state index contributed by atoms with van der Waals surface area (Å²) in [5, 5.41) is 23.0. The van der Waals surface area contributed by atoms with Crippen molar-refractivity contribution in [2.24, 2.45) is 5.92 Å². The van der Waals surface area contributed by atoms with E-state index >= 15 is 0 Å². The zero-order valence-corrected chi connectivity index (χ0v) is 21.8. The van der Waals surface area contributed by atoms with E-state index in [1.54, 1.807) is 6.07 Å². The van der Waals surface area contributed by atoms with E-state index in [9.17, 15) is 23.4 Å². The van der Waals surface area contributed by atoms with E-state index in [0.717, 1.165) is 25.5 Å². The second kappa shape index (κ2) is 11.6. The summed E-state index contributed by atoms with van der Waals surface area (Å²) >= 11 is 6.26.